The summed E-state index contributed by atoms with van der Waals surface area (Å²) in [5.74, 6) is 0.855. The van der Waals surface area contributed by atoms with Crippen molar-refractivity contribution in [2.24, 2.45) is 4.99 Å². The minimum absolute atomic E-state index is 0. The molecule has 2 rings (SSSR count). The average Bonchev–Trinajstić information content (AvgIpc) is 2.90. The van der Waals surface area contributed by atoms with E-state index in [1.165, 1.54) is 20.9 Å². The van der Waals surface area contributed by atoms with E-state index >= 15 is 0 Å². The van der Waals surface area contributed by atoms with Crippen LogP contribution in [0.3, 0.4) is 0 Å². The van der Waals surface area contributed by atoms with Gasteiger partial charge in [0.1, 0.15) is 0 Å². The Kier molecular flexibility index (Phi) is 8.48. The van der Waals surface area contributed by atoms with E-state index in [0.29, 0.717) is 0 Å². The van der Waals surface area contributed by atoms with Crippen molar-refractivity contribution in [1.29, 1.82) is 0 Å². The van der Waals surface area contributed by atoms with Crippen LogP contribution in [-0.4, -0.2) is 19.6 Å². The van der Waals surface area contributed by atoms with Gasteiger partial charge >= 0.3 is 0 Å². The molecule has 1 heterocycles. The lowest BCUT2D eigenvalue weighted by Gasteiger charge is -2.11. The fourth-order valence-corrected chi connectivity index (χ4v) is 2.88. The highest BCUT2D eigenvalue weighted by Crippen LogP contribution is 2.14. The fraction of sp³-hybridized carbons (Fsp3) is 0.353. The topological polar surface area (TPSA) is 36.4 Å². The highest BCUT2D eigenvalue weighted by molar-refractivity contribution is 14.0. The minimum Gasteiger partial charge on any atom is -0.356 e. The maximum Gasteiger partial charge on any atom is 0.191 e. The number of nitrogens with zero attached hydrogens (tertiary/aromatic N) is 1. The van der Waals surface area contributed by atoms with Crippen LogP contribution in [0.5, 0.6) is 0 Å². The first-order chi connectivity index (χ1) is 10.2. The fourth-order valence-electron chi connectivity index (χ4n) is 2.05. The Balaban J connectivity index is 0.00000242. The second kappa shape index (κ2) is 9.84. The number of rotatable bonds is 5. The molecule has 0 spiro atoms. The summed E-state index contributed by atoms with van der Waals surface area (Å²) < 4.78 is 0. The van der Waals surface area contributed by atoms with Gasteiger partial charge < -0.3 is 10.6 Å². The third-order valence-corrected chi connectivity index (χ3v) is 4.28. The Bertz CT molecular complexity index is 590. The van der Waals surface area contributed by atoms with Crippen molar-refractivity contribution in [2.45, 2.75) is 26.8 Å². The molecule has 0 aliphatic rings. The number of benzene rings is 1. The van der Waals surface area contributed by atoms with Gasteiger partial charge in [-0.25, -0.2) is 0 Å². The van der Waals surface area contributed by atoms with Crippen LogP contribution in [-0.2, 0) is 13.0 Å². The Labute approximate surface area is 154 Å². The van der Waals surface area contributed by atoms with Crippen molar-refractivity contribution in [3.05, 3.63) is 57.3 Å². The van der Waals surface area contributed by atoms with Gasteiger partial charge in [0.05, 0.1) is 6.54 Å². The van der Waals surface area contributed by atoms with E-state index < -0.39 is 0 Å². The van der Waals surface area contributed by atoms with Crippen molar-refractivity contribution < 1.29 is 0 Å². The van der Waals surface area contributed by atoms with Crippen LogP contribution in [0.25, 0.3) is 0 Å². The molecule has 0 saturated heterocycles. The van der Waals surface area contributed by atoms with Gasteiger partial charge in [-0.3, -0.25) is 4.99 Å². The quantitative estimate of drug-likeness (QED) is 0.430. The highest BCUT2D eigenvalue weighted by Gasteiger charge is 2.00. The summed E-state index contributed by atoms with van der Waals surface area (Å²) in [5.41, 5.74) is 2.65. The lowest BCUT2D eigenvalue weighted by Crippen LogP contribution is -2.37. The lowest BCUT2D eigenvalue weighted by molar-refractivity contribution is 0.799. The molecule has 0 saturated carbocycles. The highest BCUT2D eigenvalue weighted by atomic mass is 127. The smallest absolute Gasteiger partial charge is 0.191 e. The summed E-state index contributed by atoms with van der Waals surface area (Å²) in [5, 5.41) is 6.70. The van der Waals surface area contributed by atoms with E-state index in [1.807, 2.05) is 11.3 Å². The molecule has 1 aromatic heterocycles. The van der Waals surface area contributed by atoms with E-state index in [2.05, 4.69) is 65.9 Å². The van der Waals surface area contributed by atoms with Gasteiger partial charge in [-0.2, -0.15) is 0 Å². The predicted molar refractivity (Wildman–Crippen MR) is 108 cm³/mol. The molecule has 22 heavy (non-hydrogen) atoms. The van der Waals surface area contributed by atoms with Crippen LogP contribution in [0.15, 0.2) is 41.4 Å². The molecule has 0 bridgehead atoms. The maximum atomic E-state index is 4.25. The molecule has 120 valence electrons. The molecule has 2 N–H and O–H groups in total. The third kappa shape index (κ3) is 6.36. The number of aliphatic imine (C=N–C) groups is 1. The molecular formula is C17H24IN3S. The van der Waals surface area contributed by atoms with Crippen molar-refractivity contribution >= 4 is 41.3 Å². The minimum atomic E-state index is 0. The van der Waals surface area contributed by atoms with Gasteiger partial charge in [0, 0.05) is 23.3 Å². The van der Waals surface area contributed by atoms with Crippen molar-refractivity contribution in [3.8, 4) is 0 Å². The second-order valence-corrected chi connectivity index (χ2v) is 6.47. The zero-order valence-corrected chi connectivity index (χ0v) is 16.5. The molecule has 0 fully saturated rings. The zero-order chi connectivity index (χ0) is 15.1. The number of nitrogens with one attached hydrogen (secondary N) is 2. The number of thiophene rings is 1. The largest absolute Gasteiger partial charge is 0.356 e. The first-order valence-electron chi connectivity index (χ1n) is 7.23. The molecule has 3 nitrogen and oxygen atoms in total. The zero-order valence-electron chi connectivity index (χ0n) is 13.3. The normalized spacial score (nSPS) is 11.0. The molecule has 1 aromatic carbocycles. The average molecular weight is 429 g/mol. The molecule has 0 aliphatic heterocycles. The van der Waals surface area contributed by atoms with E-state index in [-0.39, 0.29) is 24.0 Å². The SMILES string of the molecule is CN=C(NCCc1ccc(C)cc1)NCc1ccc(C)s1.I. The first-order valence-corrected chi connectivity index (χ1v) is 8.04. The number of hydrogen-bond acceptors (Lipinski definition) is 2. The van der Waals surface area contributed by atoms with E-state index in [0.717, 1.165) is 25.5 Å². The summed E-state index contributed by atoms with van der Waals surface area (Å²) in [6.45, 7) is 5.94. The second-order valence-electron chi connectivity index (χ2n) is 5.10. The summed E-state index contributed by atoms with van der Waals surface area (Å²) in [6, 6.07) is 13.0. The van der Waals surface area contributed by atoms with E-state index in [9.17, 15) is 0 Å². The molecular weight excluding hydrogens is 405 g/mol. The monoisotopic (exact) mass is 429 g/mol. The van der Waals surface area contributed by atoms with Crippen LogP contribution in [0, 0.1) is 13.8 Å². The predicted octanol–water partition coefficient (Wildman–Crippen LogP) is 3.89. The summed E-state index contributed by atoms with van der Waals surface area (Å²) in [7, 11) is 1.81. The molecule has 0 radical (unpaired) electrons. The molecule has 5 heteroatoms. The first kappa shape index (κ1) is 19.0. The number of guanidine groups is 1. The van der Waals surface area contributed by atoms with Gasteiger partial charge in [-0.1, -0.05) is 29.8 Å². The Hall–Kier alpha value is -1.08. The van der Waals surface area contributed by atoms with Gasteiger partial charge in [0.15, 0.2) is 5.96 Å². The van der Waals surface area contributed by atoms with Crippen LogP contribution in [0.4, 0.5) is 0 Å². The van der Waals surface area contributed by atoms with E-state index in [4.69, 9.17) is 0 Å². The molecule has 0 aliphatic carbocycles. The van der Waals surface area contributed by atoms with Crippen molar-refractivity contribution in [3.63, 3.8) is 0 Å². The third-order valence-electron chi connectivity index (χ3n) is 3.28. The maximum absolute atomic E-state index is 4.25. The van der Waals surface area contributed by atoms with Crippen LogP contribution < -0.4 is 10.6 Å². The van der Waals surface area contributed by atoms with Gasteiger partial charge in [0.25, 0.3) is 0 Å². The molecule has 0 amide bonds. The molecule has 0 atom stereocenters. The van der Waals surface area contributed by atoms with Gasteiger partial charge in [0.2, 0.25) is 0 Å². The van der Waals surface area contributed by atoms with Crippen LogP contribution >= 0.6 is 35.3 Å². The number of halogens is 1. The lowest BCUT2D eigenvalue weighted by atomic mass is 10.1. The number of aryl methyl sites for hydroxylation is 2. The summed E-state index contributed by atoms with van der Waals surface area (Å²) >= 11 is 1.82. The summed E-state index contributed by atoms with van der Waals surface area (Å²) in [6.07, 6.45) is 0.999. The Morgan fingerprint density at radius 3 is 2.36 bits per heavy atom. The Morgan fingerprint density at radius 1 is 1.05 bits per heavy atom. The molecule has 0 unspecified atom stereocenters. The molecule has 2 aromatic rings. The number of hydrogen-bond donors (Lipinski definition) is 2. The van der Waals surface area contributed by atoms with Crippen LogP contribution in [0.1, 0.15) is 20.9 Å². The summed E-state index contributed by atoms with van der Waals surface area (Å²) in [4.78, 5) is 6.92. The standard InChI is InChI=1S/C17H23N3S.HI/c1-13-4-7-15(8-5-13)10-11-19-17(18-3)20-12-16-9-6-14(2)21-16;/h4-9H,10-12H2,1-3H3,(H2,18,19,20);1H. The van der Waals surface area contributed by atoms with Crippen molar-refractivity contribution in [1.82, 2.24) is 10.6 Å². The van der Waals surface area contributed by atoms with Crippen LogP contribution in [0.2, 0.25) is 0 Å². The van der Waals surface area contributed by atoms with E-state index in [1.54, 1.807) is 7.05 Å². The van der Waals surface area contributed by atoms with Gasteiger partial charge in [-0.15, -0.1) is 35.3 Å². The van der Waals surface area contributed by atoms with Crippen molar-refractivity contribution in [2.75, 3.05) is 13.6 Å². The van der Waals surface area contributed by atoms with Gasteiger partial charge in [-0.05, 0) is 38.0 Å². The Morgan fingerprint density at radius 2 is 1.77 bits per heavy atom.